The van der Waals surface area contributed by atoms with E-state index >= 15 is 0 Å². The second kappa shape index (κ2) is 10.0. The summed E-state index contributed by atoms with van der Waals surface area (Å²) in [6.45, 7) is 2.68. The Labute approximate surface area is 219 Å². The van der Waals surface area contributed by atoms with Gasteiger partial charge in [0.15, 0.2) is 0 Å². The first-order valence-corrected chi connectivity index (χ1v) is 14.1. The van der Waals surface area contributed by atoms with Crippen LogP contribution >= 0.6 is 15.9 Å². The quantitative estimate of drug-likeness (QED) is 0.444. The fraction of sp³-hybridized carbons (Fsp3) is 0.400. The lowest BCUT2D eigenvalue weighted by atomic mass is 9.95. The van der Waals surface area contributed by atoms with Gasteiger partial charge in [0.2, 0.25) is 27.6 Å². The first-order valence-electron chi connectivity index (χ1n) is 11.9. The number of amides is 1. The number of carbonyl (C=O) groups is 1. The molecule has 0 spiro atoms. The average molecular weight is 575 g/mol. The van der Waals surface area contributed by atoms with Gasteiger partial charge in [-0.25, -0.2) is 12.7 Å². The summed E-state index contributed by atoms with van der Waals surface area (Å²) in [5, 5.41) is 4.11. The number of rotatable bonds is 6. The van der Waals surface area contributed by atoms with Crippen LogP contribution < -0.4 is 4.90 Å². The lowest BCUT2D eigenvalue weighted by Crippen LogP contribution is -2.42. The van der Waals surface area contributed by atoms with Crippen molar-refractivity contribution in [1.29, 1.82) is 0 Å². The Balaban J connectivity index is 1.19. The number of sulfonamides is 1. The summed E-state index contributed by atoms with van der Waals surface area (Å²) < 4.78 is 32.6. The fourth-order valence-corrected chi connectivity index (χ4v) is 6.14. The van der Waals surface area contributed by atoms with Crippen LogP contribution in [0.3, 0.4) is 0 Å². The highest BCUT2D eigenvalue weighted by Gasteiger charge is 2.33. The van der Waals surface area contributed by atoms with E-state index in [9.17, 15) is 13.2 Å². The molecule has 3 aromatic rings. The van der Waals surface area contributed by atoms with Crippen LogP contribution in [0.2, 0.25) is 0 Å². The highest BCUT2D eigenvalue weighted by molar-refractivity contribution is 9.10. The minimum absolute atomic E-state index is 0.0581. The molecule has 9 nitrogen and oxygen atoms in total. The van der Waals surface area contributed by atoms with E-state index in [1.165, 1.54) is 18.4 Å². The van der Waals surface area contributed by atoms with Crippen LogP contribution in [-0.4, -0.2) is 67.4 Å². The smallest absolute Gasteiger partial charge is 0.242 e. The molecule has 0 N–H and O–H groups in total. The van der Waals surface area contributed by atoms with Crippen molar-refractivity contribution in [3.63, 3.8) is 0 Å². The number of hydrogen-bond donors (Lipinski definition) is 0. The maximum atomic E-state index is 13.3. The predicted molar refractivity (Wildman–Crippen MR) is 139 cm³/mol. The van der Waals surface area contributed by atoms with Crippen LogP contribution in [0.5, 0.6) is 0 Å². The molecule has 5 rings (SSSR count). The lowest BCUT2D eigenvalue weighted by Gasteiger charge is -2.32. The van der Waals surface area contributed by atoms with E-state index in [4.69, 9.17) is 4.52 Å². The normalized spacial score (nSPS) is 17.1. The topological polar surface area (TPSA) is 99.9 Å². The third kappa shape index (κ3) is 4.97. The zero-order chi connectivity index (χ0) is 25.4. The SMILES string of the molecule is CN(C)S(=O)(=O)c1ccc2c(c1)CCN2C(=O)C1CCN(Cc2nc(-c3cccc(Br)c3)no2)CC1. The van der Waals surface area contributed by atoms with Gasteiger partial charge in [0.25, 0.3) is 0 Å². The summed E-state index contributed by atoms with van der Waals surface area (Å²) in [7, 11) is -0.463. The molecule has 0 bridgehead atoms. The summed E-state index contributed by atoms with van der Waals surface area (Å²) in [6.07, 6.45) is 2.17. The van der Waals surface area contributed by atoms with Crippen molar-refractivity contribution < 1.29 is 17.7 Å². The van der Waals surface area contributed by atoms with Gasteiger partial charge in [-0.3, -0.25) is 9.69 Å². The van der Waals surface area contributed by atoms with Crippen molar-refractivity contribution in [3.8, 4) is 11.4 Å². The third-order valence-corrected chi connectivity index (χ3v) is 9.14. The molecular formula is C25H28BrN5O4S. The summed E-state index contributed by atoms with van der Waals surface area (Å²) in [5.41, 5.74) is 2.62. The zero-order valence-corrected chi connectivity index (χ0v) is 22.6. The summed E-state index contributed by atoms with van der Waals surface area (Å²) in [4.78, 5) is 22.2. The Morgan fingerprint density at radius 3 is 2.64 bits per heavy atom. The van der Waals surface area contributed by atoms with Crippen molar-refractivity contribution in [2.75, 3.05) is 38.6 Å². The molecule has 2 aliphatic heterocycles. The summed E-state index contributed by atoms with van der Waals surface area (Å²) in [5.74, 6) is 1.18. The highest BCUT2D eigenvalue weighted by Crippen LogP contribution is 2.33. The van der Waals surface area contributed by atoms with E-state index in [-0.39, 0.29) is 16.7 Å². The highest BCUT2D eigenvalue weighted by atomic mass is 79.9. The minimum atomic E-state index is -3.50. The number of benzene rings is 2. The van der Waals surface area contributed by atoms with Gasteiger partial charge in [-0.2, -0.15) is 4.98 Å². The van der Waals surface area contributed by atoms with Crippen LogP contribution in [-0.2, 0) is 27.8 Å². The Kier molecular flexibility index (Phi) is 6.99. The van der Waals surface area contributed by atoms with Gasteiger partial charge >= 0.3 is 0 Å². The number of carbonyl (C=O) groups excluding carboxylic acids is 1. The van der Waals surface area contributed by atoms with Crippen LogP contribution in [0.15, 0.2) is 56.4 Å². The molecule has 1 amide bonds. The molecule has 0 atom stereocenters. The van der Waals surface area contributed by atoms with Crippen molar-refractivity contribution in [2.45, 2.75) is 30.7 Å². The number of likely N-dealkylation sites (tertiary alicyclic amines) is 1. The van der Waals surface area contributed by atoms with E-state index in [2.05, 4.69) is 31.0 Å². The van der Waals surface area contributed by atoms with Crippen molar-refractivity contribution in [3.05, 3.63) is 58.4 Å². The Morgan fingerprint density at radius 1 is 1.14 bits per heavy atom. The monoisotopic (exact) mass is 573 g/mol. The second-order valence-corrected chi connectivity index (χ2v) is 12.5. The minimum Gasteiger partial charge on any atom is -0.338 e. The number of nitrogens with zero attached hydrogens (tertiary/aromatic N) is 5. The van der Waals surface area contributed by atoms with E-state index in [1.807, 2.05) is 29.2 Å². The van der Waals surface area contributed by atoms with Crippen LogP contribution in [0.25, 0.3) is 11.4 Å². The summed E-state index contributed by atoms with van der Waals surface area (Å²) >= 11 is 3.46. The van der Waals surface area contributed by atoms with Gasteiger partial charge in [-0.05, 0) is 68.2 Å². The molecule has 0 radical (unpaired) electrons. The van der Waals surface area contributed by atoms with E-state index < -0.39 is 10.0 Å². The van der Waals surface area contributed by atoms with Gasteiger partial charge in [0.1, 0.15) is 0 Å². The molecule has 3 heterocycles. The van der Waals surface area contributed by atoms with Crippen LogP contribution in [0.1, 0.15) is 24.3 Å². The van der Waals surface area contributed by atoms with Crippen LogP contribution in [0.4, 0.5) is 5.69 Å². The van der Waals surface area contributed by atoms with Crippen LogP contribution in [0, 0.1) is 5.92 Å². The number of aromatic nitrogens is 2. The van der Waals surface area contributed by atoms with Crippen molar-refractivity contribution in [1.82, 2.24) is 19.3 Å². The first kappa shape index (κ1) is 25.1. The molecule has 2 aromatic carbocycles. The fourth-order valence-electron chi connectivity index (χ4n) is 4.79. The Hall–Kier alpha value is -2.60. The molecule has 11 heteroatoms. The third-order valence-electron chi connectivity index (χ3n) is 6.84. The van der Waals surface area contributed by atoms with Crippen molar-refractivity contribution >= 4 is 37.5 Å². The van der Waals surface area contributed by atoms with Gasteiger partial charge in [-0.15, -0.1) is 0 Å². The Bertz CT molecular complexity index is 1380. The van der Waals surface area contributed by atoms with E-state index in [1.54, 1.807) is 18.2 Å². The molecular weight excluding hydrogens is 546 g/mol. The van der Waals surface area contributed by atoms with E-state index in [0.717, 1.165) is 47.2 Å². The molecule has 1 fully saturated rings. The number of anilines is 1. The largest absolute Gasteiger partial charge is 0.338 e. The van der Waals surface area contributed by atoms with E-state index in [0.29, 0.717) is 31.2 Å². The second-order valence-electron chi connectivity index (χ2n) is 9.39. The molecule has 0 aliphatic carbocycles. The summed E-state index contributed by atoms with van der Waals surface area (Å²) in [6, 6.07) is 12.8. The van der Waals surface area contributed by atoms with Gasteiger partial charge < -0.3 is 9.42 Å². The van der Waals surface area contributed by atoms with Gasteiger partial charge in [0, 0.05) is 42.3 Å². The maximum absolute atomic E-state index is 13.3. The standard InChI is InChI=1S/C25H28BrN5O4S/c1-29(2)36(33,34)21-6-7-22-18(15-21)10-13-31(22)25(32)17-8-11-30(12-9-17)16-23-27-24(28-35-23)19-4-3-5-20(26)14-19/h3-7,14-15,17H,8-13,16H2,1-2H3. The zero-order valence-electron chi connectivity index (χ0n) is 20.2. The first-order chi connectivity index (χ1) is 17.2. The maximum Gasteiger partial charge on any atom is 0.242 e. The van der Waals surface area contributed by atoms with Gasteiger partial charge in [0.05, 0.1) is 11.4 Å². The molecule has 1 saturated heterocycles. The molecule has 0 unspecified atom stereocenters. The number of halogens is 1. The number of piperidine rings is 1. The molecule has 1 aromatic heterocycles. The Morgan fingerprint density at radius 2 is 1.92 bits per heavy atom. The molecule has 0 saturated carbocycles. The number of hydrogen-bond acceptors (Lipinski definition) is 7. The average Bonchev–Trinajstić information content (AvgIpc) is 3.51. The molecule has 2 aliphatic rings. The van der Waals surface area contributed by atoms with Gasteiger partial charge in [-0.1, -0.05) is 33.2 Å². The van der Waals surface area contributed by atoms with Crippen molar-refractivity contribution in [2.24, 2.45) is 5.92 Å². The number of fused-ring (bicyclic) bond motifs is 1. The predicted octanol–water partition coefficient (Wildman–Crippen LogP) is 3.55. The molecule has 190 valence electrons. The lowest BCUT2D eigenvalue weighted by molar-refractivity contribution is -0.123. The molecule has 36 heavy (non-hydrogen) atoms.